The summed E-state index contributed by atoms with van der Waals surface area (Å²) in [5.41, 5.74) is 0.533. The molecule has 37 heavy (non-hydrogen) atoms. The van der Waals surface area contributed by atoms with Crippen molar-refractivity contribution in [3.63, 3.8) is 0 Å². The highest BCUT2D eigenvalue weighted by atomic mass is 35.5. The van der Waals surface area contributed by atoms with Crippen molar-refractivity contribution in [2.45, 2.75) is 24.6 Å². The summed E-state index contributed by atoms with van der Waals surface area (Å²) >= 11 is 17.6. The lowest BCUT2D eigenvalue weighted by molar-refractivity contribution is -0.135. The highest BCUT2D eigenvalue weighted by molar-refractivity contribution is 6.31. The first-order valence-electron chi connectivity index (χ1n) is 10.9. The molecule has 0 radical (unpaired) electrons. The van der Waals surface area contributed by atoms with Crippen molar-refractivity contribution in [3.05, 3.63) is 105 Å². The summed E-state index contributed by atoms with van der Waals surface area (Å²) < 4.78 is 21.8. The maximum Gasteiger partial charge on any atom is 0.338 e. The van der Waals surface area contributed by atoms with E-state index < -0.39 is 49.1 Å². The first-order valence-corrected chi connectivity index (χ1v) is 12.0. The fraction of sp³-hybridized carbons (Fsp3) is 0.192. The molecule has 1 saturated heterocycles. The third kappa shape index (κ3) is 6.80. The van der Waals surface area contributed by atoms with Crippen LogP contribution in [0.3, 0.4) is 0 Å². The molecule has 0 aromatic heterocycles. The van der Waals surface area contributed by atoms with E-state index in [1.165, 1.54) is 72.8 Å². The Morgan fingerprint density at radius 2 is 1.03 bits per heavy atom. The third-order valence-electron chi connectivity index (χ3n) is 5.39. The number of benzene rings is 3. The molecule has 11 heteroatoms. The van der Waals surface area contributed by atoms with Gasteiger partial charge in [-0.05, 0) is 72.8 Å². The molecule has 0 bridgehead atoms. The minimum absolute atomic E-state index is 0.150. The fourth-order valence-electron chi connectivity index (χ4n) is 3.49. The molecule has 8 nitrogen and oxygen atoms in total. The van der Waals surface area contributed by atoms with Crippen molar-refractivity contribution >= 4 is 52.7 Å². The molecule has 4 rings (SSSR count). The highest BCUT2D eigenvalue weighted by Gasteiger charge is 2.50. The lowest BCUT2D eigenvalue weighted by Crippen LogP contribution is -2.42. The second kappa shape index (κ2) is 11.9. The van der Waals surface area contributed by atoms with Crippen LogP contribution in [0.15, 0.2) is 72.8 Å². The molecule has 1 N–H and O–H groups in total. The van der Waals surface area contributed by atoms with Crippen LogP contribution in [0.25, 0.3) is 0 Å². The van der Waals surface area contributed by atoms with Crippen LogP contribution >= 0.6 is 34.8 Å². The summed E-state index contributed by atoms with van der Waals surface area (Å²) in [5, 5.41) is 11.8. The van der Waals surface area contributed by atoms with Gasteiger partial charge in [0.25, 0.3) is 0 Å². The number of carbonyl (C=O) groups is 3. The zero-order valence-electron chi connectivity index (χ0n) is 18.9. The molecule has 0 unspecified atom stereocenters. The molecule has 192 valence electrons. The topological polar surface area (TPSA) is 108 Å². The Morgan fingerprint density at radius 1 is 0.649 bits per heavy atom. The number of hydrogen-bond acceptors (Lipinski definition) is 8. The highest BCUT2D eigenvalue weighted by Crippen LogP contribution is 2.28. The van der Waals surface area contributed by atoms with Gasteiger partial charge in [-0.1, -0.05) is 34.8 Å². The third-order valence-corrected chi connectivity index (χ3v) is 6.15. The molecule has 4 atom stereocenters. The molecular weight excluding hydrogens is 547 g/mol. The zero-order chi connectivity index (χ0) is 26.5. The van der Waals surface area contributed by atoms with Gasteiger partial charge in [0.05, 0.1) is 16.7 Å². The van der Waals surface area contributed by atoms with Crippen molar-refractivity contribution < 1.29 is 38.4 Å². The summed E-state index contributed by atoms with van der Waals surface area (Å²) in [5.74, 6) is -2.30. The number of hydrogen-bond donors (Lipinski definition) is 1. The van der Waals surface area contributed by atoms with Crippen LogP contribution < -0.4 is 0 Å². The van der Waals surface area contributed by atoms with Gasteiger partial charge in [0.15, 0.2) is 18.5 Å². The van der Waals surface area contributed by atoms with E-state index in [9.17, 15) is 19.5 Å². The van der Waals surface area contributed by atoms with Gasteiger partial charge in [0.2, 0.25) is 0 Å². The van der Waals surface area contributed by atoms with Crippen molar-refractivity contribution in [2.75, 3.05) is 6.61 Å². The van der Waals surface area contributed by atoms with Gasteiger partial charge in [-0.2, -0.15) is 0 Å². The number of carbonyl (C=O) groups excluding carboxylic acids is 3. The van der Waals surface area contributed by atoms with E-state index in [2.05, 4.69) is 0 Å². The van der Waals surface area contributed by atoms with E-state index in [1.54, 1.807) is 0 Å². The predicted octanol–water partition coefficient (Wildman–Crippen LogP) is 4.97. The zero-order valence-corrected chi connectivity index (χ0v) is 21.2. The smallest absolute Gasteiger partial charge is 0.338 e. The second-order valence-electron chi connectivity index (χ2n) is 7.92. The van der Waals surface area contributed by atoms with Crippen LogP contribution in [-0.4, -0.2) is 54.2 Å². The maximum atomic E-state index is 12.8. The lowest BCUT2D eigenvalue weighted by Gasteiger charge is -2.23. The van der Waals surface area contributed by atoms with Gasteiger partial charge in [0.1, 0.15) is 12.7 Å². The van der Waals surface area contributed by atoms with Crippen LogP contribution in [0.4, 0.5) is 0 Å². The average molecular weight is 566 g/mol. The summed E-state index contributed by atoms with van der Waals surface area (Å²) in [7, 11) is 0. The number of rotatable bonds is 7. The number of esters is 3. The first kappa shape index (κ1) is 26.9. The SMILES string of the molecule is O=C(OC[C@H]1O[C@H](O)[C@H](OC(=O)c2ccc(Cl)cc2)[C@@H]1OC(=O)c1ccc(Cl)cc1)c1ccc(Cl)cc1. The van der Waals surface area contributed by atoms with E-state index in [4.69, 9.17) is 53.8 Å². The number of halogens is 3. The molecule has 3 aromatic rings. The molecule has 3 aromatic carbocycles. The van der Waals surface area contributed by atoms with Crippen LogP contribution in [-0.2, 0) is 18.9 Å². The minimum Gasteiger partial charge on any atom is -0.459 e. The van der Waals surface area contributed by atoms with Crippen LogP contribution in [0.5, 0.6) is 0 Å². The molecule has 0 amide bonds. The van der Waals surface area contributed by atoms with E-state index in [0.717, 1.165) is 0 Å². The molecule has 0 saturated carbocycles. The van der Waals surface area contributed by atoms with E-state index >= 15 is 0 Å². The molecule has 1 heterocycles. The van der Waals surface area contributed by atoms with Crippen LogP contribution in [0.1, 0.15) is 31.1 Å². The van der Waals surface area contributed by atoms with E-state index in [0.29, 0.717) is 15.1 Å². The Bertz CT molecular complexity index is 1260. The normalized spacial score (nSPS) is 20.8. The van der Waals surface area contributed by atoms with Crippen molar-refractivity contribution in [3.8, 4) is 0 Å². The standard InChI is InChI=1S/C26H19Cl3O8/c27-17-7-1-14(2-8-17)23(30)34-13-20-21(36-24(31)15-3-9-18(28)10-4-15)22(26(33)35-20)37-25(32)16-5-11-19(29)12-6-16/h1-12,20-22,26,33H,13H2/t20-,21-,22-,26+/m1/s1. The van der Waals surface area contributed by atoms with Gasteiger partial charge in [0, 0.05) is 15.1 Å². The van der Waals surface area contributed by atoms with E-state index in [1.807, 2.05) is 0 Å². The van der Waals surface area contributed by atoms with Gasteiger partial charge in [-0.3, -0.25) is 0 Å². The number of ether oxygens (including phenoxy) is 4. The molecule has 0 spiro atoms. The Morgan fingerprint density at radius 3 is 1.46 bits per heavy atom. The second-order valence-corrected chi connectivity index (χ2v) is 9.23. The predicted molar refractivity (Wildman–Crippen MR) is 134 cm³/mol. The van der Waals surface area contributed by atoms with Crippen LogP contribution in [0, 0.1) is 0 Å². The largest absolute Gasteiger partial charge is 0.459 e. The monoisotopic (exact) mass is 564 g/mol. The van der Waals surface area contributed by atoms with Gasteiger partial charge in [-0.25, -0.2) is 14.4 Å². The minimum atomic E-state index is -1.67. The molecule has 1 aliphatic rings. The Labute approximate surface area is 226 Å². The van der Waals surface area contributed by atoms with Gasteiger partial charge < -0.3 is 24.1 Å². The average Bonchev–Trinajstić information content (AvgIpc) is 3.17. The molecular formula is C26H19Cl3O8. The Hall–Kier alpha value is -3.14. The lowest BCUT2D eigenvalue weighted by atomic mass is 10.1. The Balaban J connectivity index is 1.52. The van der Waals surface area contributed by atoms with Gasteiger partial charge in [-0.15, -0.1) is 0 Å². The maximum absolute atomic E-state index is 12.8. The summed E-state index contributed by atoms with van der Waals surface area (Å²) in [6.07, 6.45) is -5.55. The first-order chi connectivity index (χ1) is 17.7. The summed E-state index contributed by atoms with van der Waals surface area (Å²) in [6.45, 7) is -0.411. The quantitative estimate of drug-likeness (QED) is 0.316. The molecule has 1 aliphatic heterocycles. The van der Waals surface area contributed by atoms with Crippen molar-refractivity contribution in [2.24, 2.45) is 0 Å². The summed E-state index contributed by atoms with van der Waals surface area (Å²) in [4.78, 5) is 38.0. The fourth-order valence-corrected chi connectivity index (χ4v) is 3.87. The van der Waals surface area contributed by atoms with Crippen molar-refractivity contribution in [1.82, 2.24) is 0 Å². The van der Waals surface area contributed by atoms with Crippen molar-refractivity contribution in [1.29, 1.82) is 0 Å². The van der Waals surface area contributed by atoms with Crippen LogP contribution in [0.2, 0.25) is 15.1 Å². The van der Waals surface area contributed by atoms with E-state index in [-0.39, 0.29) is 16.7 Å². The summed E-state index contributed by atoms with van der Waals surface area (Å²) in [6, 6.07) is 17.8. The number of aliphatic hydroxyl groups is 1. The van der Waals surface area contributed by atoms with Gasteiger partial charge >= 0.3 is 17.9 Å². The Kier molecular flexibility index (Phi) is 8.68. The number of aliphatic hydroxyl groups excluding tert-OH is 1. The molecule has 1 fully saturated rings. The molecule has 0 aliphatic carbocycles.